The van der Waals surface area contributed by atoms with Crippen molar-refractivity contribution in [3.63, 3.8) is 0 Å². The molecule has 0 saturated heterocycles. The van der Waals surface area contributed by atoms with Crippen molar-refractivity contribution in [2.24, 2.45) is 0 Å². The molecule has 1 heterocycles. The number of thioether (sulfide) groups is 1. The Hall–Kier alpha value is -2.13. The first-order valence-electron chi connectivity index (χ1n) is 9.52. The van der Waals surface area contributed by atoms with E-state index >= 15 is 0 Å². The molecule has 2 aromatic carbocycles. The molecule has 0 fully saturated rings. The summed E-state index contributed by atoms with van der Waals surface area (Å²) in [5, 5.41) is 4.83. The number of hydrogen-bond donors (Lipinski definition) is 1. The van der Waals surface area contributed by atoms with E-state index in [1.165, 1.54) is 49.6 Å². The second kappa shape index (κ2) is 9.16. The highest BCUT2D eigenvalue weighted by Crippen LogP contribution is 2.29. The molecular weight excluding hydrogens is 454 g/mol. The molecule has 0 saturated carbocycles. The molecule has 0 aliphatic rings. The number of benzene rings is 2. The minimum atomic E-state index is -3.63. The number of sulfonamides is 1. The molecule has 164 valence electrons. The van der Waals surface area contributed by atoms with Gasteiger partial charge in [0.25, 0.3) is 0 Å². The van der Waals surface area contributed by atoms with Crippen molar-refractivity contribution in [2.75, 3.05) is 25.2 Å². The van der Waals surface area contributed by atoms with E-state index in [0.29, 0.717) is 0 Å². The Morgan fingerprint density at radius 3 is 2.48 bits per heavy atom. The fraction of sp³-hybridized carbons (Fsp3) is 0.273. The first kappa shape index (κ1) is 23.5. The topological polar surface area (TPSA) is 79.4 Å². The standard InChI is InChI=1S/C22H24ClN3O3S2/c1-13-8-15(3)22-17(9-13)14(2)10-21(25-22)30-12-20(27)24-19-11-16(6-7-18(19)23)31(28,29)26(4)5/h6-11H,12H2,1-5H3,(H,24,27). The van der Waals surface area contributed by atoms with Gasteiger partial charge in [0.1, 0.15) is 0 Å². The first-order chi connectivity index (χ1) is 14.5. The van der Waals surface area contributed by atoms with E-state index in [2.05, 4.69) is 24.4 Å². The Bertz CT molecular complexity index is 1270. The number of rotatable bonds is 6. The number of pyridine rings is 1. The highest BCUT2D eigenvalue weighted by atomic mass is 35.5. The van der Waals surface area contributed by atoms with Crippen molar-refractivity contribution in [3.8, 4) is 0 Å². The molecule has 6 nitrogen and oxygen atoms in total. The van der Waals surface area contributed by atoms with E-state index in [1.54, 1.807) is 0 Å². The van der Waals surface area contributed by atoms with Crippen molar-refractivity contribution in [1.29, 1.82) is 0 Å². The summed E-state index contributed by atoms with van der Waals surface area (Å²) in [6.07, 6.45) is 0. The SMILES string of the molecule is Cc1cc(C)c2nc(SCC(=O)Nc3cc(S(=O)(=O)N(C)C)ccc3Cl)cc(C)c2c1. The van der Waals surface area contributed by atoms with Crippen LogP contribution in [-0.2, 0) is 14.8 Å². The summed E-state index contributed by atoms with van der Waals surface area (Å²) >= 11 is 7.48. The summed E-state index contributed by atoms with van der Waals surface area (Å²) in [5.74, 6) is -0.185. The zero-order valence-electron chi connectivity index (χ0n) is 18.0. The van der Waals surface area contributed by atoms with Gasteiger partial charge in [-0.15, -0.1) is 0 Å². The van der Waals surface area contributed by atoms with Crippen LogP contribution < -0.4 is 5.32 Å². The van der Waals surface area contributed by atoms with Crippen LogP contribution in [0.3, 0.4) is 0 Å². The lowest BCUT2D eigenvalue weighted by atomic mass is 10.0. The van der Waals surface area contributed by atoms with Gasteiger partial charge in [-0.05, 0) is 62.2 Å². The van der Waals surface area contributed by atoms with Crippen LogP contribution in [0.25, 0.3) is 10.9 Å². The van der Waals surface area contributed by atoms with E-state index in [1.807, 2.05) is 19.9 Å². The van der Waals surface area contributed by atoms with Gasteiger partial charge in [0, 0.05) is 19.5 Å². The van der Waals surface area contributed by atoms with E-state index < -0.39 is 10.0 Å². The highest BCUT2D eigenvalue weighted by molar-refractivity contribution is 7.99. The molecule has 0 bridgehead atoms. The van der Waals surface area contributed by atoms with Gasteiger partial charge in [-0.3, -0.25) is 4.79 Å². The second-order valence-electron chi connectivity index (χ2n) is 7.52. The first-order valence-corrected chi connectivity index (χ1v) is 12.3. The molecule has 3 aromatic rings. The Kier molecular flexibility index (Phi) is 6.95. The van der Waals surface area contributed by atoms with E-state index in [4.69, 9.17) is 16.6 Å². The monoisotopic (exact) mass is 477 g/mol. The Morgan fingerprint density at radius 2 is 1.81 bits per heavy atom. The molecule has 0 spiro atoms. The van der Waals surface area contributed by atoms with Crippen LogP contribution in [0.4, 0.5) is 5.69 Å². The maximum atomic E-state index is 12.5. The van der Waals surface area contributed by atoms with E-state index in [9.17, 15) is 13.2 Å². The molecule has 1 N–H and O–H groups in total. The number of carbonyl (C=O) groups excluding carboxylic acids is 1. The lowest BCUT2D eigenvalue weighted by Gasteiger charge is -2.14. The van der Waals surface area contributed by atoms with Crippen LogP contribution >= 0.6 is 23.4 Å². The molecule has 1 amide bonds. The minimum Gasteiger partial charge on any atom is -0.324 e. The summed E-state index contributed by atoms with van der Waals surface area (Å²) in [6.45, 7) is 6.12. The molecule has 0 radical (unpaired) electrons. The summed E-state index contributed by atoms with van der Waals surface area (Å²) in [6, 6.07) is 10.4. The van der Waals surface area contributed by atoms with Crippen molar-refractivity contribution in [3.05, 3.63) is 58.1 Å². The van der Waals surface area contributed by atoms with Crippen LogP contribution in [-0.4, -0.2) is 43.5 Å². The van der Waals surface area contributed by atoms with Crippen LogP contribution in [0.5, 0.6) is 0 Å². The number of hydrogen-bond acceptors (Lipinski definition) is 5. The molecule has 9 heteroatoms. The predicted octanol–water partition coefficient (Wildman–Crippen LogP) is 4.79. The highest BCUT2D eigenvalue weighted by Gasteiger charge is 2.19. The summed E-state index contributed by atoms with van der Waals surface area (Å²) in [7, 11) is -0.742. The van der Waals surface area contributed by atoms with Crippen molar-refractivity contribution < 1.29 is 13.2 Å². The molecule has 31 heavy (non-hydrogen) atoms. The van der Waals surface area contributed by atoms with Gasteiger partial charge in [-0.1, -0.05) is 35.0 Å². The fourth-order valence-electron chi connectivity index (χ4n) is 3.19. The third kappa shape index (κ3) is 5.20. The molecular formula is C22H24ClN3O3S2. The second-order valence-corrected chi connectivity index (χ2v) is 11.1. The van der Waals surface area contributed by atoms with E-state index in [0.717, 1.165) is 31.4 Å². The molecule has 3 rings (SSSR count). The molecule has 0 unspecified atom stereocenters. The number of halogens is 1. The number of anilines is 1. The van der Waals surface area contributed by atoms with Gasteiger partial charge in [0.2, 0.25) is 15.9 Å². The van der Waals surface area contributed by atoms with Gasteiger partial charge in [-0.25, -0.2) is 17.7 Å². The van der Waals surface area contributed by atoms with Crippen LogP contribution in [0.15, 0.2) is 46.3 Å². The van der Waals surface area contributed by atoms with Gasteiger partial charge in [-0.2, -0.15) is 0 Å². The fourth-order valence-corrected chi connectivity index (χ4v) is 5.05. The largest absolute Gasteiger partial charge is 0.324 e. The number of nitrogens with zero attached hydrogens (tertiary/aromatic N) is 2. The zero-order valence-corrected chi connectivity index (χ0v) is 20.4. The van der Waals surface area contributed by atoms with Crippen LogP contribution in [0.1, 0.15) is 16.7 Å². The van der Waals surface area contributed by atoms with Crippen LogP contribution in [0, 0.1) is 20.8 Å². The van der Waals surface area contributed by atoms with Gasteiger partial charge in [0.05, 0.1) is 31.9 Å². The van der Waals surface area contributed by atoms with Crippen molar-refractivity contribution in [1.82, 2.24) is 9.29 Å². The smallest absolute Gasteiger partial charge is 0.242 e. The van der Waals surface area contributed by atoms with Gasteiger partial charge < -0.3 is 5.32 Å². The average Bonchev–Trinajstić information content (AvgIpc) is 2.68. The quantitative estimate of drug-likeness (QED) is 0.516. The van der Waals surface area contributed by atoms with Crippen molar-refractivity contribution in [2.45, 2.75) is 30.7 Å². The normalized spacial score (nSPS) is 11.8. The lowest BCUT2D eigenvalue weighted by Crippen LogP contribution is -2.22. The van der Waals surface area contributed by atoms with Gasteiger partial charge in [0.15, 0.2) is 0 Å². The number of fused-ring (bicyclic) bond motifs is 1. The third-order valence-corrected chi connectivity index (χ3v) is 7.83. The maximum Gasteiger partial charge on any atom is 0.242 e. The van der Waals surface area contributed by atoms with Crippen molar-refractivity contribution >= 4 is 55.9 Å². The molecule has 0 atom stereocenters. The summed E-state index contributed by atoms with van der Waals surface area (Å²) in [4.78, 5) is 17.3. The van der Waals surface area contributed by atoms with Gasteiger partial charge >= 0.3 is 0 Å². The average molecular weight is 478 g/mol. The minimum absolute atomic E-state index is 0.0578. The number of carbonyl (C=O) groups is 1. The zero-order chi connectivity index (χ0) is 22.9. The lowest BCUT2D eigenvalue weighted by molar-refractivity contribution is -0.113. The number of aromatic nitrogens is 1. The number of aryl methyl sites for hydroxylation is 3. The summed E-state index contributed by atoms with van der Waals surface area (Å²) < 4.78 is 25.8. The van der Waals surface area contributed by atoms with E-state index in [-0.39, 0.29) is 27.3 Å². The summed E-state index contributed by atoms with van der Waals surface area (Å²) in [5.41, 5.74) is 4.56. The Morgan fingerprint density at radius 1 is 1.10 bits per heavy atom. The van der Waals surface area contributed by atoms with Crippen LogP contribution in [0.2, 0.25) is 5.02 Å². The molecule has 1 aromatic heterocycles. The predicted molar refractivity (Wildman–Crippen MR) is 128 cm³/mol. The number of nitrogens with one attached hydrogen (secondary N) is 1. The third-order valence-electron chi connectivity index (χ3n) is 4.77. The molecule has 0 aliphatic carbocycles. The molecule has 0 aliphatic heterocycles. The maximum absolute atomic E-state index is 12.5. The Labute approximate surface area is 192 Å². The Balaban J connectivity index is 1.77. The number of amides is 1.